The highest BCUT2D eigenvalue weighted by atomic mass is 16.4. The van der Waals surface area contributed by atoms with Gasteiger partial charge in [0.05, 0.1) is 0 Å². The number of fused-ring (bicyclic) bond motifs is 5. The van der Waals surface area contributed by atoms with Crippen molar-refractivity contribution in [2.24, 2.45) is 40.4 Å². The van der Waals surface area contributed by atoms with Crippen LogP contribution in [0.5, 0.6) is 0 Å². The molecule has 3 fully saturated rings. The van der Waals surface area contributed by atoms with E-state index in [0.29, 0.717) is 23.2 Å². The minimum absolute atomic E-state index is 0.280. The number of carboxylic acid groups (broad SMARTS) is 1. The van der Waals surface area contributed by atoms with Gasteiger partial charge in [0.15, 0.2) is 6.10 Å². The molecule has 0 saturated heterocycles. The maximum atomic E-state index is 11.1. The highest BCUT2D eigenvalue weighted by molar-refractivity contribution is 5.71. The minimum Gasteiger partial charge on any atom is -0.479 e. The van der Waals surface area contributed by atoms with Crippen molar-refractivity contribution in [3.63, 3.8) is 0 Å². The molecule has 27 heavy (non-hydrogen) atoms. The zero-order valence-electron chi connectivity index (χ0n) is 17.4. The van der Waals surface area contributed by atoms with Gasteiger partial charge in [-0.25, -0.2) is 4.79 Å². The van der Waals surface area contributed by atoms with Gasteiger partial charge in [0.1, 0.15) is 0 Å². The van der Waals surface area contributed by atoms with E-state index in [1.807, 2.05) is 0 Å². The van der Waals surface area contributed by atoms with Crippen LogP contribution in [0.15, 0.2) is 11.6 Å². The van der Waals surface area contributed by atoms with E-state index >= 15 is 0 Å². The van der Waals surface area contributed by atoms with Gasteiger partial charge in [-0.3, -0.25) is 0 Å². The van der Waals surface area contributed by atoms with E-state index in [1.165, 1.54) is 57.8 Å². The largest absolute Gasteiger partial charge is 0.479 e. The Labute approximate surface area is 164 Å². The maximum Gasteiger partial charge on any atom is 0.332 e. The number of aliphatic carboxylic acids is 1. The van der Waals surface area contributed by atoms with Gasteiger partial charge in [-0.05, 0) is 98.2 Å². The van der Waals surface area contributed by atoms with E-state index in [4.69, 9.17) is 5.11 Å². The molecule has 4 rings (SSSR count). The average molecular weight is 375 g/mol. The monoisotopic (exact) mass is 374 g/mol. The Morgan fingerprint density at radius 2 is 1.96 bits per heavy atom. The highest BCUT2D eigenvalue weighted by Crippen LogP contribution is 2.67. The molecule has 0 aromatic rings. The van der Waals surface area contributed by atoms with Crippen molar-refractivity contribution < 1.29 is 15.0 Å². The molecule has 0 bridgehead atoms. The van der Waals surface area contributed by atoms with E-state index in [2.05, 4.69) is 26.8 Å². The molecule has 0 heterocycles. The normalized spacial score (nSPS) is 45.9. The number of aliphatic hydroxyl groups is 1. The quantitative estimate of drug-likeness (QED) is 0.645. The number of hydrogen-bond donors (Lipinski definition) is 2. The SMILES string of the molecule is CC(CC(O)C(=O)O)[C@H]1CC[C@H]2[C@@H]3CC=C4CCCC[C@]4(C)[C@H]3CC[C@]12C. The maximum absolute atomic E-state index is 11.1. The number of carbonyl (C=O) groups is 1. The molecule has 0 aliphatic heterocycles. The van der Waals surface area contributed by atoms with E-state index in [0.717, 1.165) is 17.8 Å². The highest BCUT2D eigenvalue weighted by Gasteiger charge is 2.58. The van der Waals surface area contributed by atoms with Crippen molar-refractivity contribution in [2.75, 3.05) is 0 Å². The number of carboxylic acids is 1. The predicted octanol–water partition coefficient (Wildman–Crippen LogP) is 5.43. The first-order valence-electron chi connectivity index (χ1n) is 11.4. The molecule has 8 atom stereocenters. The summed E-state index contributed by atoms with van der Waals surface area (Å²) < 4.78 is 0. The summed E-state index contributed by atoms with van der Waals surface area (Å²) in [6, 6.07) is 0. The Morgan fingerprint density at radius 1 is 1.19 bits per heavy atom. The van der Waals surface area contributed by atoms with Crippen LogP contribution in [0.4, 0.5) is 0 Å². The molecule has 0 amide bonds. The third-order valence-corrected chi connectivity index (χ3v) is 9.66. The summed E-state index contributed by atoms with van der Waals surface area (Å²) in [6.07, 6.45) is 13.7. The molecule has 4 aliphatic rings. The fraction of sp³-hybridized carbons (Fsp3) is 0.875. The smallest absolute Gasteiger partial charge is 0.332 e. The van der Waals surface area contributed by atoms with Gasteiger partial charge in [-0.1, -0.05) is 38.8 Å². The Balaban J connectivity index is 1.55. The van der Waals surface area contributed by atoms with E-state index in [1.54, 1.807) is 5.57 Å². The van der Waals surface area contributed by atoms with Crippen molar-refractivity contribution in [3.8, 4) is 0 Å². The van der Waals surface area contributed by atoms with Gasteiger partial charge in [0.2, 0.25) is 0 Å². The summed E-state index contributed by atoms with van der Waals surface area (Å²) >= 11 is 0. The molecule has 2 unspecified atom stereocenters. The van der Waals surface area contributed by atoms with Crippen LogP contribution < -0.4 is 0 Å². The van der Waals surface area contributed by atoms with E-state index in [-0.39, 0.29) is 5.92 Å². The molecular weight excluding hydrogens is 336 g/mol. The molecule has 0 aromatic heterocycles. The van der Waals surface area contributed by atoms with Crippen molar-refractivity contribution in [3.05, 3.63) is 11.6 Å². The fourth-order valence-electron chi connectivity index (χ4n) is 8.29. The van der Waals surface area contributed by atoms with Crippen molar-refractivity contribution in [1.82, 2.24) is 0 Å². The van der Waals surface area contributed by atoms with Crippen LogP contribution in [0.3, 0.4) is 0 Å². The lowest BCUT2D eigenvalue weighted by Crippen LogP contribution is -2.50. The van der Waals surface area contributed by atoms with Crippen molar-refractivity contribution >= 4 is 5.97 Å². The number of aliphatic hydroxyl groups excluding tert-OH is 1. The summed E-state index contributed by atoms with van der Waals surface area (Å²) in [5.74, 6) is 2.22. The van der Waals surface area contributed by atoms with Crippen molar-refractivity contribution in [2.45, 2.75) is 91.1 Å². The Morgan fingerprint density at radius 3 is 2.70 bits per heavy atom. The van der Waals surface area contributed by atoms with Crippen LogP contribution in [0, 0.1) is 40.4 Å². The lowest BCUT2D eigenvalue weighted by atomic mass is 9.47. The minimum atomic E-state index is -1.21. The number of allylic oxidation sites excluding steroid dienone is 2. The molecule has 0 radical (unpaired) electrons. The molecule has 4 aliphatic carbocycles. The molecule has 3 saturated carbocycles. The lowest BCUT2D eigenvalue weighted by Gasteiger charge is -2.58. The predicted molar refractivity (Wildman–Crippen MR) is 107 cm³/mol. The summed E-state index contributed by atoms with van der Waals surface area (Å²) in [5, 5.41) is 19.0. The second-order valence-corrected chi connectivity index (χ2v) is 10.8. The Kier molecular flexibility index (Phi) is 4.98. The second kappa shape index (κ2) is 6.90. The van der Waals surface area contributed by atoms with Gasteiger partial charge in [-0.2, -0.15) is 0 Å². The van der Waals surface area contributed by atoms with E-state index in [9.17, 15) is 9.90 Å². The van der Waals surface area contributed by atoms with Gasteiger partial charge in [0, 0.05) is 0 Å². The third-order valence-electron chi connectivity index (χ3n) is 9.66. The van der Waals surface area contributed by atoms with Crippen LogP contribution in [-0.2, 0) is 4.79 Å². The lowest BCUT2D eigenvalue weighted by molar-refractivity contribution is -0.148. The Hall–Kier alpha value is -0.830. The molecule has 3 nitrogen and oxygen atoms in total. The van der Waals surface area contributed by atoms with Crippen LogP contribution in [-0.4, -0.2) is 22.3 Å². The summed E-state index contributed by atoms with van der Waals surface area (Å²) in [4.78, 5) is 11.1. The number of hydrogen-bond acceptors (Lipinski definition) is 2. The first-order valence-corrected chi connectivity index (χ1v) is 11.4. The molecule has 152 valence electrons. The third kappa shape index (κ3) is 2.99. The van der Waals surface area contributed by atoms with Crippen LogP contribution in [0.1, 0.15) is 85.0 Å². The Bertz CT molecular complexity index is 625. The van der Waals surface area contributed by atoms with Crippen LogP contribution >= 0.6 is 0 Å². The first-order chi connectivity index (χ1) is 12.8. The standard InChI is InChI=1S/C24H38O3/c1-15(14-21(25)22(26)27)18-9-10-19-17-8-7-16-6-4-5-12-23(16,2)20(17)11-13-24(18,19)3/h7,15,17-21,25H,4-6,8-14H2,1-3H3,(H,26,27)/t15?,17-,18+,19-,20-,21?,23-,24+/m0/s1. The molecule has 0 aromatic carbocycles. The summed E-state index contributed by atoms with van der Waals surface area (Å²) in [7, 11) is 0. The fourth-order valence-corrected chi connectivity index (χ4v) is 8.29. The molecular formula is C24H38O3. The van der Waals surface area contributed by atoms with Gasteiger partial charge < -0.3 is 10.2 Å². The van der Waals surface area contributed by atoms with Crippen molar-refractivity contribution in [1.29, 1.82) is 0 Å². The summed E-state index contributed by atoms with van der Waals surface area (Å²) in [6.45, 7) is 7.24. The van der Waals surface area contributed by atoms with Gasteiger partial charge in [0.25, 0.3) is 0 Å². The summed E-state index contributed by atoms with van der Waals surface area (Å²) in [5.41, 5.74) is 2.55. The second-order valence-electron chi connectivity index (χ2n) is 10.8. The molecule has 2 N–H and O–H groups in total. The zero-order chi connectivity index (χ0) is 19.4. The average Bonchev–Trinajstić information content (AvgIpc) is 2.98. The van der Waals surface area contributed by atoms with Gasteiger partial charge in [-0.15, -0.1) is 0 Å². The molecule has 0 spiro atoms. The van der Waals surface area contributed by atoms with Gasteiger partial charge >= 0.3 is 5.97 Å². The van der Waals surface area contributed by atoms with Crippen LogP contribution in [0.25, 0.3) is 0 Å². The van der Waals surface area contributed by atoms with E-state index < -0.39 is 12.1 Å². The van der Waals surface area contributed by atoms with Crippen LogP contribution in [0.2, 0.25) is 0 Å². The zero-order valence-corrected chi connectivity index (χ0v) is 17.4. The topological polar surface area (TPSA) is 57.5 Å². The number of rotatable bonds is 4. The molecule has 3 heteroatoms. The first kappa shape index (κ1) is 19.5.